The molecule has 2 rings (SSSR count). The predicted octanol–water partition coefficient (Wildman–Crippen LogP) is 7.12. The van der Waals surface area contributed by atoms with Gasteiger partial charge in [-0.1, -0.05) is 65.0 Å². The van der Waals surface area contributed by atoms with Crippen LogP contribution in [0.1, 0.15) is 82.8 Å². The van der Waals surface area contributed by atoms with E-state index in [9.17, 15) is 9.59 Å². The van der Waals surface area contributed by atoms with Crippen LogP contribution in [0.2, 0.25) is 0 Å². The van der Waals surface area contributed by atoms with Crippen molar-refractivity contribution in [3.05, 3.63) is 56.5 Å². The molecule has 212 valence electrons. The number of carbonyl (C=O) groups is 2. The number of unbranched alkanes of at least 4 members (excludes halogenated alkanes) is 4. The lowest BCUT2D eigenvalue weighted by atomic mass is 10.1. The van der Waals surface area contributed by atoms with E-state index in [1.54, 1.807) is 12.4 Å². The van der Waals surface area contributed by atoms with Crippen molar-refractivity contribution in [2.45, 2.75) is 71.6 Å². The number of carbonyl (C=O) groups excluding carboxylic acids is 2. The number of amides is 2. The van der Waals surface area contributed by atoms with Crippen LogP contribution in [0.25, 0.3) is 0 Å². The van der Waals surface area contributed by atoms with Gasteiger partial charge in [-0.15, -0.1) is 0 Å². The first-order valence-corrected chi connectivity index (χ1v) is 15.0. The molecule has 0 unspecified atom stereocenters. The SMILES string of the molecule is CCCOc1ccc(Br)cc1C=NNC(=O)CCCCCCCC(=O)NN=Cc1cc(Br)ccc1OCCC. The quantitative estimate of drug-likeness (QED) is 0.101. The molecule has 0 saturated heterocycles. The smallest absolute Gasteiger partial charge is 0.240 e. The normalized spacial score (nSPS) is 11.2. The molecule has 39 heavy (non-hydrogen) atoms. The summed E-state index contributed by atoms with van der Waals surface area (Å²) in [6.45, 7) is 5.34. The van der Waals surface area contributed by atoms with E-state index < -0.39 is 0 Å². The second-order valence-electron chi connectivity index (χ2n) is 8.92. The number of nitrogens with zero attached hydrogens (tertiary/aromatic N) is 2. The third-order valence-corrected chi connectivity index (χ3v) is 6.45. The highest BCUT2D eigenvalue weighted by molar-refractivity contribution is 9.10. The highest BCUT2D eigenvalue weighted by Crippen LogP contribution is 2.23. The van der Waals surface area contributed by atoms with Crippen LogP contribution in [0, 0.1) is 0 Å². The van der Waals surface area contributed by atoms with E-state index in [4.69, 9.17) is 9.47 Å². The summed E-state index contributed by atoms with van der Waals surface area (Å²) in [5.41, 5.74) is 6.76. The molecule has 0 aliphatic rings. The number of halogens is 2. The number of benzene rings is 2. The van der Waals surface area contributed by atoms with Gasteiger partial charge >= 0.3 is 0 Å². The average Bonchev–Trinajstić information content (AvgIpc) is 2.91. The summed E-state index contributed by atoms with van der Waals surface area (Å²) in [6, 6.07) is 11.4. The summed E-state index contributed by atoms with van der Waals surface area (Å²) in [7, 11) is 0. The van der Waals surface area contributed by atoms with E-state index in [0.717, 1.165) is 76.5 Å². The van der Waals surface area contributed by atoms with Crippen molar-refractivity contribution in [3.63, 3.8) is 0 Å². The van der Waals surface area contributed by atoms with Gasteiger partial charge in [0.05, 0.1) is 25.6 Å². The zero-order valence-electron chi connectivity index (χ0n) is 22.7. The number of ether oxygens (including phenoxy) is 2. The van der Waals surface area contributed by atoms with Crippen LogP contribution in [0.15, 0.2) is 55.5 Å². The molecule has 0 radical (unpaired) electrons. The molecule has 0 saturated carbocycles. The van der Waals surface area contributed by atoms with Gasteiger partial charge in [0.15, 0.2) is 0 Å². The van der Waals surface area contributed by atoms with Gasteiger partial charge < -0.3 is 9.47 Å². The Morgan fingerprint density at radius 2 is 1.13 bits per heavy atom. The van der Waals surface area contributed by atoms with Gasteiger partial charge in [0.2, 0.25) is 11.8 Å². The first-order valence-electron chi connectivity index (χ1n) is 13.4. The lowest BCUT2D eigenvalue weighted by Gasteiger charge is -2.08. The fourth-order valence-corrected chi connectivity index (χ4v) is 4.25. The van der Waals surface area contributed by atoms with Crippen LogP contribution in [-0.2, 0) is 9.59 Å². The zero-order chi connectivity index (χ0) is 28.3. The third-order valence-electron chi connectivity index (χ3n) is 5.46. The molecule has 10 heteroatoms. The van der Waals surface area contributed by atoms with Crippen molar-refractivity contribution in [3.8, 4) is 11.5 Å². The minimum atomic E-state index is -0.122. The number of rotatable bonds is 18. The maximum Gasteiger partial charge on any atom is 0.240 e. The van der Waals surface area contributed by atoms with Gasteiger partial charge in [-0.05, 0) is 62.1 Å². The van der Waals surface area contributed by atoms with Crippen molar-refractivity contribution < 1.29 is 19.1 Å². The minimum Gasteiger partial charge on any atom is -0.493 e. The lowest BCUT2D eigenvalue weighted by molar-refractivity contribution is -0.121. The Hall–Kier alpha value is -2.72. The second-order valence-corrected chi connectivity index (χ2v) is 10.7. The Labute approximate surface area is 248 Å². The first kappa shape index (κ1) is 32.5. The maximum atomic E-state index is 12.1. The van der Waals surface area contributed by atoms with Crippen molar-refractivity contribution in [1.29, 1.82) is 0 Å². The molecule has 8 nitrogen and oxygen atoms in total. The molecule has 0 heterocycles. The Bertz CT molecular complexity index is 1020. The van der Waals surface area contributed by atoms with Crippen LogP contribution in [0.4, 0.5) is 0 Å². The summed E-state index contributed by atoms with van der Waals surface area (Å²) in [5, 5.41) is 8.15. The van der Waals surface area contributed by atoms with Crippen LogP contribution in [-0.4, -0.2) is 37.5 Å². The number of nitrogens with one attached hydrogen (secondary N) is 2. The standard InChI is InChI=1S/C29H38Br2N4O4/c1-3-16-38-26-14-12-24(30)18-22(26)20-32-34-28(36)10-8-6-5-7-9-11-29(37)35-33-21-23-19-25(31)13-15-27(23)39-17-4-2/h12-15,18-21H,3-11,16-17H2,1-2H3,(H,34,36)(H,35,37). The van der Waals surface area contributed by atoms with Gasteiger partial charge in [0.1, 0.15) is 11.5 Å². The van der Waals surface area contributed by atoms with Crippen LogP contribution in [0.5, 0.6) is 11.5 Å². The summed E-state index contributed by atoms with van der Waals surface area (Å²) in [6.07, 6.45) is 10.2. The fourth-order valence-electron chi connectivity index (χ4n) is 3.49. The molecule has 0 aliphatic heterocycles. The van der Waals surface area contributed by atoms with Gasteiger partial charge in [-0.3, -0.25) is 9.59 Å². The average molecular weight is 666 g/mol. The molecule has 0 aliphatic carbocycles. The highest BCUT2D eigenvalue weighted by Gasteiger charge is 2.05. The van der Waals surface area contributed by atoms with Crippen molar-refractivity contribution >= 4 is 56.1 Å². The van der Waals surface area contributed by atoms with Gasteiger partial charge in [0, 0.05) is 32.9 Å². The zero-order valence-corrected chi connectivity index (χ0v) is 25.9. The monoisotopic (exact) mass is 664 g/mol. The van der Waals surface area contributed by atoms with Crippen LogP contribution >= 0.6 is 31.9 Å². The van der Waals surface area contributed by atoms with Crippen LogP contribution < -0.4 is 20.3 Å². The molecule has 0 aromatic heterocycles. The molecular formula is C29H38Br2N4O4. The fraction of sp³-hybridized carbons (Fsp3) is 0.448. The van der Waals surface area contributed by atoms with E-state index in [-0.39, 0.29) is 11.8 Å². The summed E-state index contributed by atoms with van der Waals surface area (Å²) >= 11 is 6.89. The predicted molar refractivity (Wildman–Crippen MR) is 164 cm³/mol. The number of hydrogen-bond donors (Lipinski definition) is 2. The summed E-state index contributed by atoms with van der Waals surface area (Å²) < 4.78 is 13.3. The van der Waals surface area contributed by atoms with E-state index >= 15 is 0 Å². The van der Waals surface area contributed by atoms with E-state index in [1.165, 1.54) is 0 Å². The lowest BCUT2D eigenvalue weighted by Crippen LogP contribution is -2.17. The molecule has 0 spiro atoms. The van der Waals surface area contributed by atoms with Gasteiger partial charge in [-0.2, -0.15) is 10.2 Å². The molecule has 0 atom stereocenters. The third kappa shape index (κ3) is 13.8. The Morgan fingerprint density at radius 3 is 1.54 bits per heavy atom. The van der Waals surface area contributed by atoms with E-state index in [0.29, 0.717) is 26.1 Å². The maximum absolute atomic E-state index is 12.1. The van der Waals surface area contributed by atoms with Gasteiger partial charge in [-0.25, -0.2) is 10.9 Å². The van der Waals surface area contributed by atoms with Gasteiger partial charge in [0.25, 0.3) is 0 Å². The second kappa shape index (κ2) is 19.4. The Morgan fingerprint density at radius 1 is 0.718 bits per heavy atom. The van der Waals surface area contributed by atoms with Crippen molar-refractivity contribution in [2.75, 3.05) is 13.2 Å². The topological polar surface area (TPSA) is 101 Å². The summed E-state index contributed by atoms with van der Waals surface area (Å²) in [4.78, 5) is 24.2. The number of hydrazone groups is 2. The van der Waals surface area contributed by atoms with E-state index in [1.807, 2.05) is 50.2 Å². The van der Waals surface area contributed by atoms with E-state index in [2.05, 4.69) is 52.9 Å². The molecule has 2 N–H and O–H groups in total. The first-order chi connectivity index (χ1) is 18.9. The largest absolute Gasteiger partial charge is 0.493 e. The molecular weight excluding hydrogens is 628 g/mol. The Balaban J connectivity index is 1.59. The Kier molecular flexibility index (Phi) is 16.1. The molecule has 2 amide bonds. The highest BCUT2D eigenvalue weighted by atomic mass is 79.9. The van der Waals surface area contributed by atoms with Crippen LogP contribution in [0.3, 0.4) is 0 Å². The van der Waals surface area contributed by atoms with Crippen molar-refractivity contribution in [1.82, 2.24) is 10.9 Å². The van der Waals surface area contributed by atoms with Crippen molar-refractivity contribution in [2.24, 2.45) is 10.2 Å². The number of hydrogen-bond acceptors (Lipinski definition) is 6. The minimum absolute atomic E-state index is 0.122. The molecule has 2 aromatic rings. The molecule has 2 aromatic carbocycles. The summed E-state index contributed by atoms with van der Waals surface area (Å²) in [5.74, 6) is 1.22. The molecule has 0 bridgehead atoms. The molecule has 0 fully saturated rings.